The number of anilines is 1. The van der Waals surface area contributed by atoms with Gasteiger partial charge in [-0.2, -0.15) is 0 Å². The van der Waals surface area contributed by atoms with Gasteiger partial charge in [-0.3, -0.25) is 5.41 Å². The molecule has 0 atom stereocenters. The van der Waals surface area contributed by atoms with Crippen LogP contribution in [0.4, 0.5) is 5.69 Å². The molecule has 2 heterocycles. The molecule has 0 radical (unpaired) electrons. The van der Waals surface area contributed by atoms with Gasteiger partial charge >= 0.3 is 5.97 Å². The normalized spacial score (nSPS) is 27.3. The molecule has 0 unspecified atom stereocenters. The molecular formula is C20H31N4O2+. The second-order valence-electron chi connectivity index (χ2n) is 8.24. The molecule has 26 heavy (non-hydrogen) atoms. The quantitative estimate of drug-likeness (QED) is 0.427. The minimum Gasteiger partial charge on any atom is -0.477 e. The highest BCUT2D eigenvalue weighted by molar-refractivity contribution is 5.95. The van der Waals surface area contributed by atoms with Crippen LogP contribution in [-0.2, 0) is 4.79 Å². The van der Waals surface area contributed by atoms with E-state index >= 15 is 0 Å². The van der Waals surface area contributed by atoms with Gasteiger partial charge in [-0.1, -0.05) is 0 Å². The number of nitrogens with one attached hydrogen (secondary N) is 1. The lowest BCUT2D eigenvalue weighted by Gasteiger charge is -2.43. The van der Waals surface area contributed by atoms with Crippen LogP contribution in [-0.4, -0.2) is 61.2 Å². The van der Waals surface area contributed by atoms with Crippen LogP contribution in [0.2, 0.25) is 0 Å². The average molecular weight is 359 g/mol. The van der Waals surface area contributed by atoms with Crippen LogP contribution < -0.4 is 10.6 Å². The van der Waals surface area contributed by atoms with Crippen LogP contribution in [0, 0.1) is 17.2 Å². The standard InChI is InChI=1S/C20H30N4O2/c1-24(14-19(25)26)12-8-16(9-13-24)15-6-10-23(11-7-15)18-4-2-17(3-5-18)20(21)22/h2-5,15-16H,6-14H2,1H3,(H3-,21,22,25,26)/p+1/t16-,24-. The highest BCUT2D eigenvalue weighted by Gasteiger charge is 2.36. The zero-order valence-electron chi connectivity index (χ0n) is 15.7. The molecule has 1 aromatic carbocycles. The van der Waals surface area contributed by atoms with E-state index in [1.54, 1.807) is 0 Å². The maximum atomic E-state index is 11.0. The van der Waals surface area contributed by atoms with Gasteiger partial charge in [-0.15, -0.1) is 0 Å². The maximum Gasteiger partial charge on any atom is 0.359 e. The number of carbonyl (C=O) groups is 1. The number of quaternary nitrogens is 1. The van der Waals surface area contributed by atoms with E-state index in [4.69, 9.17) is 16.2 Å². The molecule has 0 aromatic heterocycles. The number of nitrogens with zero attached hydrogens (tertiary/aromatic N) is 2. The summed E-state index contributed by atoms with van der Waals surface area (Å²) in [6.45, 7) is 4.37. The Morgan fingerprint density at radius 3 is 2.19 bits per heavy atom. The summed E-state index contributed by atoms with van der Waals surface area (Å²) in [7, 11) is 2.08. The molecule has 6 nitrogen and oxygen atoms in total. The van der Waals surface area contributed by atoms with E-state index < -0.39 is 5.97 Å². The number of hydrogen-bond acceptors (Lipinski definition) is 3. The summed E-state index contributed by atoms with van der Waals surface area (Å²) in [6.07, 6.45) is 4.73. The van der Waals surface area contributed by atoms with Gasteiger partial charge in [0.15, 0.2) is 6.54 Å². The van der Waals surface area contributed by atoms with Crippen LogP contribution in [0.1, 0.15) is 31.2 Å². The Kier molecular flexibility index (Phi) is 5.51. The Bertz CT molecular complexity index is 642. The van der Waals surface area contributed by atoms with Crippen molar-refractivity contribution in [2.75, 3.05) is 44.7 Å². The first-order chi connectivity index (χ1) is 12.4. The monoisotopic (exact) mass is 359 g/mol. The first-order valence-corrected chi connectivity index (χ1v) is 9.61. The van der Waals surface area contributed by atoms with Gasteiger partial charge in [-0.05, 0) is 61.8 Å². The van der Waals surface area contributed by atoms with E-state index in [-0.39, 0.29) is 12.4 Å². The molecule has 4 N–H and O–H groups in total. The van der Waals surface area contributed by atoms with Crippen molar-refractivity contribution >= 4 is 17.5 Å². The largest absolute Gasteiger partial charge is 0.477 e. The molecule has 2 saturated heterocycles. The van der Waals surface area contributed by atoms with Gasteiger partial charge in [0.2, 0.25) is 0 Å². The van der Waals surface area contributed by atoms with Crippen molar-refractivity contribution in [1.29, 1.82) is 5.41 Å². The molecule has 0 amide bonds. The fourth-order valence-electron chi connectivity index (χ4n) is 4.65. The van der Waals surface area contributed by atoms with Gasteiger partial charge < -0.3 is 20.2 Å². The molecule has 2 fully saturated rings. The number of likely N-dealkylation sites (N-methyl/N-ethyl adjacent to an activating group) is 1. The van der Waals surface area contributed by atoms with Crippen molar-refractivity contribution in [3.05, 3.63) is 29.8 Å². The highest BCUT2D eigenvalue weighted by Crippen LogP contribution is 2.35. The predicted molar refractivity (Wildman–Crippen MR) is 104 cm³/mol. The summed E-state index contributed by atoms with van der Waals surface area (Å²) in [5.41, 5.74) is 7.51. The number of benzene rings is 1. The van der Waals surface area contributed by atoms with Crippen LogP contribution in [0.15, 0.2) is 24.3 Å². The molecule has 3 rings (SSSR count). The summed E-state index contributed by atoms with van der Waals surface area (Å²) in [5.74, 6) is 0.939. The van der Waals surface area contributed by atoms with E-state index in [0.29, 0.717) is 4.48 Å². The van der Waals surface area contributed by atoms with E-state index in [1.807, 2.05) is 12.1 Å². The topological polar surface area (TPSA) is 90.4 Å². The summed E-state index contributed by atoms with van der Waals surface area (Å²) in [5, 5.41) is 16.6. The third-order valence-corrected chi connectivity index (χ3v) is 6.35. The number of rotatable bonds is 5. The van der Waals surface area contributed by atoms with Gasteiger partial charge in [-0.25, -0.2) is 4.79 Å². The average Bonchev–Trinajstić information content (AvgIpc) is 2.62. The molecule has 1 aromatic rings. The smallest absolute Gasteiger partial charge is 0.359 e. The lowest BCUT2D eigenvalue weighted by atomic mass is 9.78. The van der Waals surface area contributed by atoms with Crippen molar-refractivity contribution in [3.8, 4) is 0 Å². The fourth-order valence-corrected chi connectivity index (χ4v) is 4.65. The van der Waals surface area contributed by atoms with Gasteiger partial charge in [0.1, 0.15) is 5.84 Å². The Balaban J connectivity index is 1.50. The Hall–Kier alpha value is -2.08. The minimum absolute atomic E-state index is 0.112. The zero-order chi connectivity index (χ0) is 18.7. The number of piperidine rings is 2. The summed E-state index contributed by atoms with van der Waals surface area (Å²) in [6, 6.07) is 7.97. The van der Waals surface area contributed by atoms with E-state index in [0.717, 1.165) is 56.4 Å². The van der Waals surface area contributed by atoms with Crippen molar-refractivity contribution in [1.82, 2.24) is 0 Å². The van der Waals surface area contributed by atoms with Gasteiger partial charge in [0.25, 0.3) is 0 Å². The summed E-state index contributed by atoms with van der Waals surface area (Å²) in [4.78, 5) is 13.5. The van der Waals surface area contributed by atoms with Crippen molar-refractivity contribution in [3.63, 3.8) is 0 Å². The third kappa shape index (κ3) is 4.36. The lowest BCUT2D eigenvalue weighted by Crippen LogP contribution is -2.53. The fraction of sp³-hybridized carbons (Fsp3) is 0.600. The molecule has 2 aliphatic rings. The number of likely N-dealkylation sites (tertiary alicyclic amines) is 1. The van der Waals surface area contributed by atoms with Crippen molar-refractivity contribution < 1.29 is 14.4 Å². The first kappa shape index (κ1) is 18.7. The Labute approximate surface area is 155 Å². The van der Waals surface area contributed by atoms with Gasteiger partial charge in [0.05, 0.1) is 20.1 Å². The zero-order valence-corrected chi connectivity index (χ0v) is 15.7. The predicted octanol–water partition coefficient (Wildman–Crippen LogP) is 2.13. The number of aliphatic carboxylic acids is 1. The number of amidine groups is 1. The van der Waals surface area contributed by atoms with Crippen molar-refractivity contribution in [2.24, 2.45) is 17.6 Å². The number of carboxylic acid groups (broad SMARTS) is 1. The third-order valence-electron chi connectivity index (χ3n) is 6.35. The summed E-state index contributed by atoms with van der Waals surface area (Å²) >= 11 is 0. The van der Waals surface area contributed by atoms with E-state index in [1.165, 1.54) is 18.5 Å². The Morgan fingerprint density at radius 1 is 1.15 bits per heavy atom. The minimum atomic E-state index is -0.685. The van der Waals surface area contributed by atoms with Crippen LogP contribution >= 0.6 is 0 Å². The van der Waals surface area contributed by atoms with Crippen LogP contribution in [0.3, 0.4) is 0 Å². The molecule has 0 bridgehead atoms. The Morgan fingerprint density at radius 2 is 1.69 bits per heavy atom. The molecular weight excluding hydrogens is 328 g/mol. The van der Waals surface area contributed by atoms with Crippen LogP contribution in [0.5, 0.6) is 0 Å². The number of nitrogen functional groups attached to an aromatic ring is 1. The highest BCUT2D eigenvalue weighted by atomic mass is 16.4. The number of hydrogen-bond donors (Lipinski definition) is 3. The second-order valence-corrected chi connectivity index (χ2v) is 8.24. The molecule has 2 aliphatic heterocycles. The SMILES string of the molecule is C[N@+]1(CC(=O)O)CC[C@H](C2CCN(c3ccc(C(=N)N)cc3)CC2)CC1. The molecule has 142 valence electrons. The molecule has 0 aliphatic carbocycles. The first-order valence-electron chi connectivity index (χ1n) is 9.61. The molecule has 0 saturated carbocycles. The number of carboxylic acids is 1. The van der Waals surface area contributed by atoms with E-state index in [9.17, 15) is 4.79 Å². The summed E-state index contributed by atoms with van der Waals surface area (Å²) < 4.78 is 0.688. The number of nitrogens with two attached hydrogens (primary N) is 1. The van der Waals surface area contributed by atoms with Crippen molar-refractivity contribution in [2.45, 2.75) is 25.7 Å². The molecule has 6 heteroatoms. The molecule has 0 spiro atoms. The maximum absolute atomic E-state index is 11.0. The lowest BCUT2D eigenvalue weighted by molar-refractivity contribution is -0.908. The van der Waals surface area contributed by atoms with E-state index in [2.05, 4.69) is 24.1 Å². The second kappa shape index (κ2) is 7.66. The van der Waals surface area contributed by atoms with Gasteiger partial charge in [0, 0.05) is 24.3 Å². The van der Waals surface area contributed by atoms with Crippen LogP contribution in [0.25, 0.3) is 0 Å².